The van der Waals surface area contributed by atoms with Crippen LogP contribution in [0.25, 0.3) is 5.69 Å². The molecule has 0 unspecified atom stereocenters. The Hall–Kier alpha value is -3.42. The molecule has 26 heavy (non-hydrogen) atoms. The van der Waals surface area contributed by atoms with Crippen molar-refractivity contribution in [1.82, 2.24) is 19.5 Å². The van der Waals surface area contributed by atoms with E-state index in [-0.39, 0.29) is 12.6 Å². The van der Waals surface area contributed by atoms with Gasteiger partial charge in [0, 0.05) is 32.2 Å². The maximum Gasteiger partial charge on any atom is 0.338 e. The molecule has 134 valence electrons. The molecule has 0 fully saturated rings. The van der Waals surface area contributed by atoms with Gasteiger partial charge in [0.2, 0.25) is 11.9 Å². The maximum atomic E-state index is 12.4. The molecule has 2 heterocycles. The van der Waals surface area contributed by atoms with E-state index in [0.717, 1.165) is 11.3 Å². The van der Waals surface area contributed by atoms with Crippen LogP contribution in [0.5, 0.6) is 0 Å². The molecule has 2 aromatic heterocycles. The highest BCUT2D eigenvalue weighted by atomic mass is 16.5. The molecule has 0 saturated carbocycles. The second kappa shape index (κ2) is 7.22. The van der Waals surface area contributed by atoms with Gasteiger partial charge in [0.25, 0.3) is 0 Å². The molecule has 0 saturated heterocycles. The molecule has 8 heteroatoms. The van der Waals surface area contributed by atoms with Gasteiger partial charge in [-0.25, -0.2) is 4.79 Å². The van der Waals surface area contributed by atoms with Gasteiger partial charge in [-0.05, 0) is 36.8 Å². The zero-order chi connectivity index (χ0) is 18.7. The lowest BCUT2D eigenvalue weighted by Gasteiger charge is -2.12. The van der Waals surface area contributed by atoms with E-state index in [1.807, 2.05) is 42.1 Å². The monoisotopic (exact) mass is 352 g/mol. The summed E-state index contributed by atoms with van der Waals surface area (Å²) in [6.45, 7) is 1.90. The molecule has 3 rings (SSSR count). The van der Waals surface area contributed by atoms with E-state index in [1.165, 1.54) is 0 Å². The topological polar surface area (TPSA) is 99.2 Å². The van der Waals surface area contributed by atoms with Crippen LogP contribution in [-0.2, 0) is 11.3 Å². The number of aromatic nitrogens is 4. The van der Waals surface area contributed by atoms with Crippen molar-refractivity contribution in [1.29, 1.82) is 0 Å². The number of carbonyl (C=O) groups excluding carboxylic acids is 1. The average Bonchev–Trinajstić information content (AvgIpc) is 3.14. The number of benzene rings is 1. The Morgan fingerprint density at radius 2 is 1.92 bits per heavy atom. The third-order valence-electron chi connectivity index (χ3n) is 3.75. The van der Waals surface area contributed by atoms with Crippen molar-refractivity contribution in [3.05, 3.63) is 59.7 Å². The standard InChI is InChI=1S/C18H20N6O2/c1-12-6-7-13(10-14(12)24-8-4-5-9-24)16(25)26-11-15-20-17(19)22-18(21-15)23(2)3/h4-10H,11H2,1-3H3,(H2,19,20,21,22). The van der Waals surface area contributed by atoms with Gasteiger partial charge in [-0.15, -0.1) is 0 Å². The van der Waals surface area contributed by atoms with Crippen LogP contribution in [0.15, 0.2) is 42.7 Å². The molecule has 0 spiro atoms. The zero-order valence-corrected chi connectivity index (χ0v) is 14.9. The Balaban J connectivity index is 1.76. The first-order valence-corrected chi connectivity index (χ1v) is 8.03. The van der Waals surface area contributed by atoms with E-state index in [9.17, 15) is 4.79 Å². The van der Waals surface area contributed by atoms with Crippen molar-refractivity contribution in [3.63, 3.8) is 0 Å². The van der Waals surface area contributed by atoms with Crippen LogP contribution >= 0.6 is 0 Å². The van der Waals surface area contributed by atoms with Crippen LogP contribution in [0.1, 0.15) is 21.7 Å². The van der Waals surface area contributed by atoms with Crippen molar-refractivity contribution in [2.45, 2.75) is 13.5 Å². The first-order valence-electron chi connectivity index (χ1n) is 8.03. The van der Waals surface area contributed by atoms with Gasteiger partial charge in [-0.1, -0.05) is 6.07 Å². The summed E-state index contributed by atoms with van der Waals surface area (Å²) < 4.78 is 7.29. The molecule has 0 aliphatic carbocycles. The van der Waals surface area contributed by atoms with Gasteiger partial charge in [0.05, 0.1) is 5.56 Å². The van der Waals surface area contributed by atoms with Gasteiger partial charge in [-0.2, -0.15) is 15.0 Å². The number of rotatable bonds is 5. The number of hydrogen-bond donors (Lipinski definition) is 1. The van der Waals surface area contributed by atoms with E-state index in [2.05, 4.69) is 15.0 Å². The summed E-state index contributed by atoms with van der Waals surface area (Å²) in [5, 5.41) is 0. The number of nitrogens with zero attached hydrogens (tertiary/aromatic N) is 5. The molecule has 3 aromatic rings. The van der Waals surface area contributed by atoms with Crippen LogP contribution in [0, 0.1) is 6.92 Å². The second-order valence-electron chi connectivity index (χ2n) is 5.97. The average molecular weight is 352 g/mol. The highest BCUT2D eigenvalue weighted by Gasteiger charge is 2.13. The van der Waals surface area contributed by atoms with Gasteiger partial charge < -0.3 is 19.9 Å². The fraction of sp³-hybridized carbons (Fsp3) is 0.222. The Labute approximate surface area is 151 Å². The number of nitrogens with two attached hydrogens (primary N) is 1. The van der Waals surface area contributed by atoms with Crippen molar-refractivity contribution in [2.24, 2.45) is 0 Å². The fourth-order valence-corrected chi connectivity index (χ4v) is 2.41. The molecule has 0 aliphatic rings. The van der Waals surface area contributed by atoms with Gasteiger partial charge in [-0.3, -0.25) is 0 Å². The number of esters is 1. The van der Waals surface area contributed by atoms with Crippen LogP contribution in [0.4, 0.5) is 11.9 Å². The summed E-state index contributed by atoms with van der Waals surface area (Å²) >= 11 is 0. The van der Waals surface area contributed by atoms with Crippen LogP contribution in [0.2, 0.25) is 0 Å². The molecule has 0 atom stereocenters. The highest BCUT2D eigenvalue weighted by molar-refractivity contribution is 5.90. The maximum absolute atomic E-state index is 12.4. The SMILES string of the molecule is Cc1ccc(C(=O)OCc2nc(N)nc(N(C)C)n2)cc1-n1cccc1. The summed E-state index contributed by atoms with van der Waals surface area (Å²) in [5.74, 6) is 0.338. The van der Waals surface area contributed by atoms with Crippen molar-refractivity contribution < 1.29 is 9.53 Å². The smallest absolute Gasteiger partial charge is 0.338 e. The first-order chi connectivity index (χ1) is 12.4. The molecule has 2 N–H and O–H groups in total. The van der Waals surface area contributed by atoms with Crippen LogP contribution < -0.4 is 10.6 Å². The summed E-state index contributed by atoms with van der Waals surface area (Å²) in [6, 6.07) is 9.27. The number of carbonyl (C=O) groups is 1. The summed E-state index contributed by atoms with van der Waals surface area (Å²) in [7, 11) is 3.58. The van der Waals surface area contributed by atoms with Gasteiger partial charge in [0.1, 0.15) is 0 Å². The predicted octanol–water partition coefficient (Wildman–Crippen LogP) is 1.98. The fourth-order valence-electron chi connectivity index (χ4n) is 2.41. The van der Waals surface area contributed by atoms with Crippen molar-refractivity contribution in [3.8, 4) is 5.69 Å². The third-order valence-corrected chi connectivity index (χ3v) is 3.75. The Morgan fingerprint density at radius 1 is 1.19 bits per heavy atom. The Morgan fingerprint density at radius 3 is 2.62 bits per heavy atom. The number of hydrogen-bond acceptors (Lipinski definition) is 7. The summed E-state index contributed by atoms with van der Waals surface area (Å²) in [5.41, 5.74) is 8.10. The largest absolute Gasteiger partial charge is 0.454 e. The zero-order valence-electron chi connectivity index (χ0n) is 14.9. The van der Waals surface area contributed by atoms with Crippen LogP contribution in [-0.4, -0.2) is 39.6 Å². The number of ether oxygens (including phenoxy) is 1. The molecule has 0 aliphatic heterocycles. The van der Waals surface area contributed by atoms with Crippen molar-refractivity contribution in [2.75, 3.05) is 24.7 Å². The number of aryl methyl sites for hydroxylation is 1. The molecule has 0 amide bonds. The van der Waals surface area contributed by atoms with Gasteiger partial charge in [0.15, 0.2) is 12.4 Å². The minimum absolute atomic E-state index is 0.0833. The van der Waals surface area contributed by atoms with E-state index < -0.39 is 5.97 Å². The molecular formula is C18H20N6O2. The van der Waals surface area contributed by atoms with Crippen LogP contribution in [0.3, 0.4) is 0 Å². The molecule has 8 nitrogen and oxygen atoms in total. The quantitative estimate of drug-likeness (QED) is 0.701. The second-order valence-corrected chi connectivity index (χ2v) is 5.97. The molecule has 1 aromatic carbocycles. The minimum atomic E-state index is -0.455. The van der Waals surface area contributed by atoms with E-state index in [1.54, 1.807) is 31.1 Å². The third kappa shape index (κ3) is 3.80. The Kier molecular flexibility index (Phi) is 4.83. The molecule has 0 radical (unpaired) electrons. The Bertz CT molecular complexity index is 921. The van der Waals surface area contributed by atoms with E-state index in [0.29, 0.717) is 17.3 Å². The normalized spacial score (nSPS) is 10.6. The van der Waals surface area contributed by atoms with Gasteiger partial charge >= 0.3 is 5.97 Å². The van der Waals surface area contributed by atoms with E-state index >= 15 is 0 Å². The number of anilines is 2. The molecule has 0 bridgehead atoms. The van der Waals surface area contributed by atoms with E-state index in [4.69, 9.17) is 10.5 Å². The lowest BCUT2D eigenvalue weighted by molar-refractivity contribution is 0.0462. The predicted molar refractivity (Wildman–Crippen MR) is 98.2 cm³/mol. The summed E-state index contributed by atoms with van der Waals surface area (Å²) in [4.78, 5) is 26.3. The lowest BCUT2D eigenvalue weighted by atomic mass is 10.1. The highest BCUT2D eigenvalue weighted by Crippen LogP contribution is 2.17. The first kappa shape index (κ1) is 17.4. The number of nitrogen functional groups attached to an aromatic ring is 1. The van der Waals surface area contributed by atoms with Crippen molar-refractivity contribution >= 4 is 17.9 Å². The summed E-state index contributed by atoms with van der Waals surface area (Å²) in [6.07, 6.45) is 3.85. The minimum Gasteiger partial charge on any atom is -0.454 e. The lowest BCUT2D eigenvalue weighted by Crippen LogP contribution is -2.17. The molecular weight excluding hydrogens is 332 g/mol.